The summed E-state index contributed by atoms with van der Waals surface area (Å²) >= 11 is 0. The number of carbonyl (C=O) groups is 1. The molecule has 0 aliphatic carbocycles. The van der Waals surface area contributed by atoms with Crippen LogP contribution in [0.5, 0.6) is 0 Å². The molecule has 0 rings (SSSR count). The van der Waals surface area contributed by atoms with E-state index >= 15 is 0 Å². The second-order valence-electron chi connectivity index (χ2n) is 6.09. The molecule has 0 unspecified atom stereocenters. The van der Waals surface area contributed by atoms with E-state index in [2.05, 4.69) is 6.92 Å². The van der Waals surface area contributed by atoms with Crippen molar-refractivity contribution in [2.45, 2.75) is 110 Å². The molecule has 0 atom stereocenters. The summed E-state index contributed by atoms with van der Waals surface area (Å²) in [5, 5.41) is 8.52. The molecule has 0 saturated carbocycles. The van der Waals surface area contributed by atoms with Gasteiger partial charge >= 0.3 is 48.5 Å². The van der Waals surface area contributed by atoms with Crippen LogP contribution in [0.15, 0.2) is 0 Å². The Morgan fingerprint density at radius 2 is 0.880 bits per heavy atom. The van der Waals surface area contributed by atoms with Crippen LogP contribution in [0.3, 0.4) is 0 Å². The Hall–Kier alpha value is 1.13. The average molecular weight is 440 g/mol. The Kier molecular flexibility index (Phi) is 58.8. The molecule has 0 heterocycles. The molecule has 4 nitrogen and oxygen atoms in total. The van der Waals surface area contributed by atoms with Crippen molar-refractivity contribution in [3.63, 3.8) is 0 Å². The first-order valence-electron chi connectivity index (χ1n) is 8.99. The minimum Gasteiger partial charge on any atom is -2.00 e. The van der Waals surface area contributed by atoms with Gasteiger partial charge in [-0.25, -0.2) is 0 Å². The van der Waals surface area contributed by atoms with Crippen molar-refractivity contribution < 1.29 is 40.3 Å². The summed E-state index contributed by atoms with van der Waals surface area (Å²) in [6.07, 6.45) is 20.2. The molecule has 25 heavy (non-hydrogen) atoms. The summed E-state index contributed by atoms with van der Waals surface area (Å²) in [4.78, 5) is 10.3. The average Bonchev–Trinajstić information content (AvgIpc) is 2.43. The van der Waals surface area contributed by atoms with Crippen molar-refractivity contribution in [1.82, 2.24) is 0 Å². The van der Waals surface area contributed by atoms with Crippen LogP contribution in [0.25, 0.3) is 0 Å². The molecule has 0 aromatic heterocycles. The normalized spacial score (nSPS) is 8.68. The van der Waals surface area contributed by atoms with Crippen LogP contribution in [0.2, 0.25) is 0 Å². The SMILES string of the molecule is CCCCCCCCCCCCCCCCCC(=O)O.S.[Mg+2].[O-2].[O-2].[Zn+2]. The Balaban J connectivity index is -0.000000180. The smallest absolute Gasteiger partial charge is 2.00 e. The summed E-state index contributed by atoms with van der Waals surface area (Å²) in [7, 11) is 0. The standard InChI is InChI=1S/C18H36O2.Mg.2O.H2S.Zn/c1-2-3-4-5-6-7-8-9-10-11-12-13-14-15-16-17-18(19)20;;;;;/h2-17H2,1H3,(H,19,20);;;;1H2;/q;+2;2*-2;;+2. The third-order valence-corrected chi connectivity index (χ3v) is 3.99. The van der Waals surface area contributed by atoms with Gasteiger partial charge in [0.05, 0.1) is 0 Å². The van der Waals surface area contributed by atoms with Crippen LogP contribution in [0, 0.1) is 0 Å². The van der Waals surface area contributed by atoms with E-state index in [1.54, 1.807) is 0 Å². The number of carboxylic acids is 1. The minimum atomic E-state index is -0.653. The molecule has 0 aliphatic heterocycles. The summed E-state index contributed by atoms with van der Waals surface area (Å²) in [5.74, 6) is -0.653. The first kappa shape index (κ1) is 40.7. The van der Waals surface area contributed by atoms with Crippen molar-refractivity contribution in [2.75, 3.05) is 0 Å². The van der Waals surface area contributed by atoms with E-state index in [1.165, 1.54) is 83.5 Å². The van der Waals surface area contributed by atoms with E-state index in [4.69, 9.17) is 5.11 Å². The number of carboxylic acid groups (broad SMARTS) is 1. The maximum Gasteiger partial charge on any atom is 2.00 e. The fraction of sp³-hybridized carbons (Fsp3) is 0.944. The van der Waals surface area contributed by atoms with E-state index in [0.29, 0.717) is 6.42 Å². The molecule has 0 fully saturated rings. The number of unbranched alkanes of at least 4 members (excludes halogenated alkanes) is 14. The predicted octanol–water partition coefficient (Wildman–Crippen LogP) is 5.82. The van der Waals surface area contributed by atoms with Crippen LogP contribution in [0.1, 0.15) is 110 Å². The van der Waals surface area contributed by atoms with Crippen LogP contribution in [-0.4, -0.2) is 34.1 Å². The zero-order chi connectivity index (χ0) is 14.9. The van der Waals surface area contributed by atoms with Crippen molar-refractivity contribution in [3.8, 4) is 0 Å². The Morgan fingerprint density at radius 1 is 0.640 bits per heavy atom. The van der Waals surface area contributed by atoms with Crippen LogP contribution in [-0.2, 0) is 35.2 Å². The van der Waals surface area contributed by atoms with Crippen LogP contribution < -0.4 is 0 Å². The quantitative estimate of drug-likeness (QED) is 0.242. The summed E-state index contributed by atoms with van der Waals surface area (Å²) in [6, 6.07) is 0. The van der Waals surface area contributed by atoms with Crippen molar-refractivity contribution in [3.05, 3.63) is 0 Å². The van der Waals surface area contributed by atoms with E-state index in [0.717, 1.165) is 12.8 Å². The van der Waals surface area contributed by atoms with Crippen LogP contribution in [0.4, 0.5) is 0 Å². The maximum absolute atomic E-state index is 10.3. The molecule has 0 radical (unpaired) electrons. The molecule has 0 aromatic carbocycles. The molecular formula is C18H38MgO4SZn. The van der Waals surface area contributed by atoms with Gasteiger partial charge in [0.15, 0.2) is 0 Å². The third kappa shape index (κ3) is 40.9. The molecule has 1 N–H and O–H groups in total. The van der Waals surface area contributed by atoms with Gasteiger partial charge in [0.1, 0.15) is 0 Å². The molecular weight excluding hydrogens is 402 g/mol. The number of hydrogen-bond donors (Lipinski definition) is 1. The molecule has 0 amide bonds. The van der Waals surface area contributed by atoms with Gasteiger partial charge < -0.3 is 16.1 Å². The van der Waals surface area contributed by atoms with Gasteiger partial charge in [0, 0.05) is 6.42 Å². The van der Waals surface area contributed by atoms with Crippen molar-refractivity contribution in [1.29, 1.82) is 0 Å². The zero-order valence-corrected chi connectivity index (χ0v) is 21.8. The van der Waals surface area contributed by atoms with Crippen molar-refractivity contribution >= 4 is 42.5 Å². The Morgan fingerprint density at radius 3 is 1.12 bits per heavy atom. The molecule has 0 spiro atoms. The zero-order valence-electron chi connectivity index (χ0n) is 16.4. The van der Waals surface area contributed by atoms with Crippen LogP contribution >= 0.6 is 13.5 Å². The van der Waals surface area contributed by atoms with Gasteiger partial charge in [0.2, 0.25) is 0 Å². The van der Waals surface area contributed by atoms with Gasteiger partial charge in [0.25, 0.3) is 0 Å². The first-order valence-corrected chi connectivity index (χ1v) is 8.99. The molecule has 0 bridgehead atoms. The minimum absolute atomic E-state index is 0. The summed E-state index contributed by atoms with van der Waals surface area (Å²) in [5.41, 5.74) is 0. The van der Waals surface area contributed by atoms with E-state index in [-0.39, 0.29) is 67.0 Å². The summed E-state index contributed by atoms with van der Waals surface area (Å²) in [6.45, 7) is 2.27. The second kappa shape index (κ2) is 36.1. The first-order chi connectivity index (χ1) is 9.77. The Bertz CT molecular complexity index is 225. The number of rotatable bonds is 16. The van der Waals surface area contributed by atoms with Gasteiger partial charge in [-0.1, -0.05) is 96.8 Å². The van der Waals surface area contributed by atoms with Crippen molar-refractivity contribution in [2.24, 2.45) is 0 Å². The second-order valence-corrected chi connectivity index (χ2v) is 6.09. The van der Waals surface area contributed by atoms with Gasteiger partial charge in [-0.15, -0.1) is 0 Å². The maximum atomic E-state index is 10.3. The number of aliphatic carboxylic acids is 1. The molecule has 0 aromatic rings. The molecule has 7 heteroatoms. The topological polar surface area (TPSA) is 94.3 Å². The predicted molar refractivity (Wildman–Crippen MR) is 105 cm³/mol. The third-order valence-electron chi connectivity index (χ3n) is 3.99. The molecule has 144 valence electrons. The summed E-state index contributed by atoms with van der Waals surface area (Å²) < 4.78 is 0. The largest absolute Gasteiger partial charge is 2.00 e. The monoisotopic (exact) mass is 438 g/mol. The molecule has 0 aliphatic rings. The Labute approximate surface area is 191 Å². The number of hydrogen-bond acceptors (Lipinski definition) is 1. The van der Waals surface area contributed by atoms with E-state index in [9.17, 15) is 4.79 Å². The van der Waals surface area contributed by atoms with Gasteiger partial charge in [-0.2, -0.15) is 13.5 Å². The van der Waals surface area contributed by atoms with Gasteiger partial charge in [-0.3, -0.25) is 4.79 Å². The van der Waals surface area contributed by atoms with E-state index < -0.39 is 5.97 Å². The van der Waals surface area contributed by atoms with E-state index in [1.807, 2.05) is 0 Å². The molecule has 0 saturated heterocycles. The van der Waals surface area contributed by atoms with Gasteiger partial charge in [-0.05, 0) is 6.42 Å². The fourth-order valence-electron chi connectivity index (χ4n) is 2.65. The fourth-order valence-corrected chi connectivity index (χ4v) is 2.65.